The second-order valence-corrected chi connectivity index (χ2v) is 9.53. The predicted octanol–water partition coefficient (Wildman–Crippen LogP) is 5.49. The van der Waals surface area contributed by atoms with E-state index in [9.17, 15) is 9.59 Å². The maximum atomic E-state index is 13.5. The molecule has 0 saturated carbocycles. The third kappa shape index (κ3) is 7.70. The SMILES string of the molecule is COC(=O)C(Cc1cccc(C(=N)N)c1)C(/C=C/c1ccccc1)NC(=O)c1ccc(-c2cccc(OC)c2)cc1. The number of methoxy groups -OCH3 is 2. The van der Waals surface area contributed by atoms with Gasteiger partial charge in [0.25, 0.3) is 5.91 Å². The Labute approximate surface area is 240 Å². The molecule has 2 atom stereocenters. The van der Waals surface area contributed by atoms with Crippen molar-refractivity contribution in [1.82, 2.24) is 5.32 Å². The molecule has 0 bridgehead atoms. The fourth-order valence-electron chi connectivity index (χ4n) is 4.54. The molecule has 0 spiro atoms. The Morgan fingerprint density at radius 1 is 0.854 bits per heavy atom. The number of nitrogens with one attached hydrogen (secondary N) is 2. The molecule has 0 saturated heterocycles. The molecule has 0 heterocycles. The van der Waals surface area contributed by atoms with E-state index in [1.165, 1.54) is 7.11 Å². The van der Waals surface area contributed by atoms with Gasteiger partial charge in [-0.2, -0.15) is 0 Å². The number of nitrogen functional groups attached to an aromatic ring is 1. The highest BCUT2D eigenvalue weighted by Gasteiger charge is 2.30. The molecule has 0 aliphatic heterocycles. The average molecular weight is 548 g/mol. The molecule has 0 aliphatic carbocycles. The highest BCUT2D eigenvalue weighted by molar-refractivity contribution is 5.96. The molecule has 1 amide bonds. The number of carbonyl (C=O) groups excluding carboxylic acids is 2. The van der Waals surface area contributed by atoms with Gasteiger partial charge in [0.05, 0.1) is 26.2 Å². The quantitative estimate of drug-likeness (QED) is 0.131. The second-order valence-electron chi connectivity index (χ2n) is 9.53. The second kappa shape index (κ2) is 13.8. The number of rotatable bonds is 11. The van der Waals surface area contributed by atoms with Crippen LogP contribution in [0.5, 0.6) is 5.75 Å². The van der Waals surface area contributed by atoms with Gasteiger partial charge < -0.3 is 20.5 Å². The summed E-state index contributed by atoms with van der Waals surface area (Å²) in [4.78, 5) is 26.5. The molecule has 41 heavy (non-hydrogen) atoms. The van der Waals surface area contributed by atoms with Crippen molar-refractivity contribution < 1.29 is 19.1 Å². The number of esters is 1. The molecule has 7 heteroatoms. The minimum absolute atomic E-state index is 0.0623. The zero-order valence-corrected chi connectivity index (χ0v) is 23.0. The Balaban J connectivity index is 1.62. The van der Waals surface area contributed by atoms with E-state index in [0.717, 1.165) is 28.0 Å². The normalized spacial score (nSPS) is 12.3. The number of hydrogen-bond acceptors (Lipinski definition) is 5. The molecule has 7 nitrogen and oxygen atoms in total. The first-order chi connectivity index (χ1) is 19.9. The summed E-state index contributed by atoms with van der Waals surface area (Å²) in [7, 11) is 2.95. The summed E-state index contributed by atoms with van der Waals surface area (Å²) in [6.45, 7) is 0. The van der Waals surface area contributed by atoms with E-state index in [2.05, 4.69) is 5.32 Å². The van der Waals surface area contributed by atoms with Gasteiger partial charge in [0.2, 0.25) is 0 Å². The first-order valence-electron chi connectivity index (χ1n) is 13.2. The molecule has 4 aromatic rings. The summed E-state index contributed by atoms with van der Waals surface area (Å²) in [6, 6.07) is 31.1. The lowest BCUT2D eigenvalue weighted by Gasteiger charge is -2.24. The van der Waals surface area contributed by atoms with Crippen molar-refractivity contribution in [2.75, 3.05) is 14.2 Å². The van der Waals surface area contributed by atoms with Crippen LogP contribution in [0.25, 0.3) is 17.2 Å². The van der Waals surface area contributed by atoms with Gasteiger partial charge in [0.15, 0.2) is 0 Å². The first kappa shape index (κ1) is 28.8. The van der Waals surface area contributed by atoms with Crippen molar-refractivity contribution >= 4 is 23.8 Å². The molecule has 4 rings (SSSR count). The molecule has 4 N–H and O–H groups in total. The average Bonchev–Trinajstić information content (AvgIpc) is 3.02. The summed E-state index contributed by atoms with van der Waals surface area (Å²) < 4.78 is 10.5. The molecule has 0 aliphatic rings. The Kier molecular flexibility index (Phi) is 9.67. The lowest BCUT2D eigenvalue weighted by molar-refractivity contribution is -0.145. The van der Waals surface area contributed by atoms with E-state index in [4.69, 9.17) is 20.6 Å². The number of amidine groups is 1. The lowest BCUT2D eigenvalue weighted by Crippen LogP contribution is -2.43. The summed E-state index contributed by atoms with van der Waals surface area (Å²) in [5.74, 6) is -0.833. The van der Waals surface area contributed by atoms with Crippen molar-refractivity contribution in [2.24, 2.45) is 11.7 Å². The van der Waals surface area contributed by atoms with Crippen molar-refractivity contribution in [1.29, 1.82) is 5.41 Å². The molecule has 2 unspecified atom stereocenters. The largest absolute Gasteiger partial charge is 0.497 e. The van der Waals surface area contributed by atoms with Crippen LogP contribution in [0.15, 0.2) is 109 Å². The van der Waals surface area contributed by atoms with E-state index in [0.29, 0.717) is 11.1 Å². The molecule has 0 fully saturated rings. The fourth-order valence-corrected chi connectivity index (χ4v) is 4.54. The summed E-state index contributed by atoms with van der Waals surface area (Å²) in [5, 5.41) is 10.8. The lowest BCUT2D eigenvalue weighted by atomic mass is 9.90. The van der Waals surface area contributed by atoms with Crippen molar-refractivity contribution in [3.8, 4) is 16.9 Å². The van der Waals surface area contributed by atoms with Gasteiger partial charge in [-0.3, -0.25) is 15.0 Å². The molecular formula is C34H33N3O4. The number of ether oxygens (including phenoxy) is 2. The van der Waals surface area contributed by atoms with Crippen LogP contribution in [0.1, 0.15) is 27.0 Å². The number of carbonyl (C=O) groups is 2. The van der Waals surface area contributed by atoms with Crippen LogP contribution < -0.4 is 15.8 Å². The topological polar surface area (TPSA) is 115 Å². The molecule has 208 valence electrons. The van der Waals surface area contributed by atoms with Crippen LogP contribution in [0, 0.1) is 11.3 Å². The van der Waals surface area contributed by atoms with Crippen LogP contribution >= 0.6 is 0 Å². The van der Waals surface area contributed by atoms with E-state index < -0.39 is 17.9 Å². The van der Waals surface area contributed by atoms with E-state index in [1.54, 1.807) is 37.4 Å². The van der Waals surface area contributed by atoms with Gasteiger partial charge in [-0.1, -0.05) is 84.9 Å². The van der Waals surface area contributed by atoms with Gasteiger partial charge in [-0.25, -0.2) is 0 Å². The number of nitrogens with two attached hydrogens (primary N) is 1. The monoisotopic (exact) mass is 547 g/mol. The zero-order valence-electron chi connectivity index (χ0n) is 23.0. The maximum absolute atomic E-state index is 13.5. The summed E-state index contributed by atoms with van der Waals surface area (Å²) in [6.07, 6.45) is 3.96. The summed E-state index contributed by atoms with van der Waals surface area (Å²) in [5.41, 5.74) is 10.3. The van der Waals surface area contributed by atoms with Crippen molar-refractivity contribution in [2.45, 2.75) is 12.5 Å². The predicted molar refractivity (Wildman–Crippen MR) is 162 cm³/mol. The number of hydrogen-bond donors (Lipinski definition) is 3. The van der Waals surface area contributed by atoms with Gasteiger partial charge in [0, 0.05) is 11.1 Å². The van der Waals surface area contributed by atoms with E-state index in [-0.39, 0.29) is 18.2 Å². The highest BCUT2D eigenvalue weighted by Crippen LogP contribution is 2.24. The Bertz CT molecular complexity index is 1530. The third-order valence-electron chi connectivity index (χ3n) is 6.77. The third-order valence-corrected chi connectivity index (χ3v) is 6.77. The standard InChI is InChI=1S/C34H33N3O4/c1-40-29-13-7-11-27(22-29)25-15-17-26(18-16-25)33(38)37-31(19-14-23-8-4-3-5-9-23)30(34(39)41-2)21-24-10-6-12-28(20-24)32(35)36/h3-20,22,30-31H,21H2,1-2H3,(H3,35,36)(H,37,38)/b19-14+. The van der Waals surface area contributed by atoms with Gasteiger partial charge in [-0.05, 0) is 59.0 Å². The van der Waals surface area contributed by atoms with Crippen molar-refractivity contribution in [3.05, 3.63) is 131 Å². The fraction of sp³-hybridized carbons (Fsp3) is 0.147. The van der Waals surface area contributed by atoms with Crippen molar-refractivity contribution in [3.63, 3.8) is 0 Å². The van der Waals surface area contributed by atoms with Crippen LogP contribution in [0.2, 0.25) is 0 Å². The van der Waals surface area contributed by atoms with Crippen LogP contribution in [-0.2, 0) is 16.0 Å². The first-order valence-corrected chi connectivity index (χ1v) is 13.2. The minimum Gasteiger partial charge on any atom is -0.497 e. The maximum Gasteiger partial charge on any atom is 0.311 e. The number of amides is 1. The van der Waals surface area contributed by atoms with Gasteiger partial charge >= 0.3 is 5.97 Å². The highest BCUT2D eigenvalue weighted by atomic mass is 16.5. The van der Waals surface area contributed by atoms with E-state index >= 15 is 0 Å². The number of benzene rings is 4. The Morgan fingerprint density at radius 3 is 2.27 bits per heavy atom. The minimum atomic E-state index is -0.734. The molecule has 0 aromatic heterocycles. The van der Waals surface area contributed by atoms with Crippen LogP contribution in [-0.4, -0.2) is 38.0 Å². The Morgan fingerprint density at radius 2 is 1.59 bits per heavy atom. The molecule has 0 radical (unpaired) electrons. The van der Waals surface area contributed by atoms with Gasteiger partial charge in [-0.15, -0.1) is 0 Å². The van der Waals surface area contributed by atoms with E-state index in [1.807, 2.05) is 84.9 Å². The van der Waals surface area contributed by atoms with Crippen LogP contribution in [0.4, 0.5) is 0 Å². The zero-order chi connectivity index (χ0) is 29.2. The Hall–Kier alpha value is -5.17. The smallest absolute Gasteiger partial charge is 0.311 e. The van der Waals surface area contributed by atoms with Gasteiger partial charge in [0.1, 0.15) is 11.6 Å². The van der Waals surface area contributed by atoms with Crippen LogP contribution in [0.3, 0.4) is 0 Å². The summed E-state index contributed by atoms with van der Waals surface area (Å²) >= 11 is 0. The molecular weight excluding hydrogens is 514 g/mol. The molecule has 4 aromatic carbocycles.